The molecule has 2 heterocycles. The van der Waals surface area contributed by atoms with Crippen LogP contribution in [-0.2, 0) is 13.0 Å². The quantitative estimate of drug-likeness (QED) is 0.841. The highest BCUT2D eigenvalue weighted by atomic mass is 16.5. The van der Waals surface area contributed by atoms with E-state index in [-0.39, 0.29) is 6.03 Å². The zero-order valence-electron chi connectivity index (χ0n) is 16.2. The number of rotatable bonds is 6. The van der Waals surface area contributed by atoms with Gasteiger partial charge >= 0.3 is 6.03 Å². The molecular formula is C19H33N5O2. The number of nitrogens with zero attached hydrogens (tertiary/aromatic N) is 4. The SMILES string of the molecule is CCc1nc(CN(C)C(=O)NC[C@H]2CCCN(C3CCCCC3)C2)no1. The van der Waals surface area contributed by atoms with Gasteiger partial charge in [-0.2, -0.15) is 4.98 Å². The average molecular weight is 364 g/mol. The van der Waals surface area contributed by atoms with E-state index in [0.717, 1.165) is 19.1 Å². The van der Waals surface area contributed by atoms with E-state index in [9.17, 15) is 4.79 Å². The van der Waals surface area contributed by atoms with E-state index in [0.29, 0.717) is 30.6 Å². The second-order valence-corrected chi connectivity index (χ2v) is 7.80. The summed E-state index contributed by atoms with van der Waals surface area (Å²) in [7, 11) is 1.77. The zero-order chi connectivity index (χ0) is 18.4. The van der Waals surface area contributed by atoms with E-state index in [4.69, 9.17) is 4.52 Å². The van der Waals surface area contributed by atoms with Crippen LogP contribution in [0.1, 0.15) is 63.6 Å². The Kier molecular flexibility index (Phi) is 6.88. The summed E-state index contributed by atoms with van der Waals surface area (Å²) >= 11 is 0. The summed E-state index contributed by atoms with van der Waals surface area (Å²) in [5, 5.41) is 7.00. The summed E-state index contributed by atoms with van der Waals surface area (Å²) in [4.78, 5) is 20.9. The first-order chi connectivity index (χ1) is 12.7. The zero-order valence-corrected chi connectivity index (χ0v) is 16.2. The fourth-order valence-corrected chi connectivity index (χ4v) is 4.19. The van der Waals surface area contributed by atoms with Gasteiger partial charge in [0.1, 0.15) is 0 Å². The number of nitrogens with one attached hydrogen (secondary N) is 1. The van der Waals surface area contributed by atoms with Crippen molar-refractivity contribution in [1.29, 1.82) is 0 Å². The van der Waals surface area contributed by atoms with E-state index in [1.54, 1.807) is 11.9 Å². The fraction of sp³-hybridized carbons (Fsp3) is 0.842. The van der Waals surface area contributed by atoms with Gasteiger partial charge in [-0.25, -0.2) is 4.79 Å². The van der Waals surface area contributed by atoms with Gasteiger partial charge in [-0.15, -0.1) is 0 Å². The molecule has 26 heavy (non-hydrogen) atoms. The Bertz CT molecular complexity index is 570. The number of aromatic nitrogens is 2. The predicted molar refractivity (Wildman–Crippen MR) is 99.7 cm³/mol. The van der Waals surface area contributed by atoms with Crippen molar-refractivity contribution in [2.24, 2.45) is 5.92 Å². The number of hydrogen-bond donors (Lipinski definition) is 1. The Labute approximate surface area is 156 Å². The van der Waals surface area contributed by atoms with Crippen LogP contribution in [0.15, 0.2) is 4.52 Å². The van der Waals surface area contributed by atoms with E-state index in [1.165, 1.54) is 51.5 Å². The predicted octanol–water partition coefficient (Wildman–Crippen LogP) is 2.82. The molecule has 2 fully saturated rings. The van der Waals surface area contributed by atoms with Gasteiger partial charge in [-0.3, -0.25) is 0 Å². The van der Waals surface area contributed by atoms with E-state index < -0.39 is 0 Å². The van der Waals surface area contributed by atoms with E-state index in [2.05, 4.69) is 20.4 Å². The maximum absolute atomic E-state index is 12.4. The van der Waals surface area contributed by atoms with Gasteiger partial charge in [0.2, 0.25) is 5.89 Å². The summed E-state index contributed by atoms with van der Waals surface area (Å²) in [6, 6.07) is 0.707. The molecule has 1 aliphatic carbocycles. The topological polar surface area (TPSA) is 74.5 Å². The minimum absolute atomic E-state index is 0.0670. The molecule has 0 spiro atoms. The smallest absolute Gasteiger partial charge is 0.317 e. The standard InChI is InChI=1S/C19H33N5O2/c1-3-18-21-17(22-26-18)14-23(2)19(25)20-12-15-8-7-11-24(13-15)16-9-5-4-6-10-16/h15-16H,3-14H2,1-2H3,(H,20,25)/t15-/m1/s1. The van der Waals surface area contributed by atoms with Crippen molar-refractivity contribution in [3.8, 4) is 0 Å². The molecule has 0 aromatic carbocycles. The molecule has 0 radical (unpaired) electrons. The van der Waals surface area contributed by atoms with Crippen molar-refractivity contribution in [1.82, 2.24) is 25.3 Å². The summed E-state index contributed by atoms with van der Waals surface area (Å²) < 4.78 is 5.09. The van der Waals surface area contributed by atoms with Gasteiger partial charge in [-0.05, 0) is 38.1 Å². The van der Waals surface area contributed by atoms with Crippen molar-refractivity contribution in [3.63, 3.8) is 0 Å². The number of hydrogen-bond acceptors (Lipinski definition) is 5. The number of carbonyl (C=O) groups excluding carboxylic acids is 1. The maximum Gasteiger partial charge on any atom is 0.317 e. The van der Waals surface area contributed by atoms with Crippen LogP contribution in [0.3, 0.4) is 0 Å². The third kappa shape index (κ3) is 5.19. The minimum Gasteiger partial charge on any atom is -0.339 e. The molecule has 1 atom stereocenters. The first-order valence-corrected chi connectivity index (χ1v) is 10.2. The van der Waals surface area contributed by atoms with Crippen LogP contribution in [0.4, 0.5) is 4.79 Å². The molecule has 146 valence electrons. The summed E-state index contributed by atoms with van der Waals surface area (Å²) in [6.45, 7) is 5.44. The van der Waals surface area contributed by atoms with Gasteiger partial charge in [0.15, 0.2) is 5.82 Å². The van der Waals surface area contributed by atoms with Crippen molar-refractivity contribution in [3.05, 3.63) is 11.7 Å². The largest absolute Gasteiger partial charge is 0.339 e. The van der Waals surface area contributed by atoms with Gasteiger partial charge in [-0.1, -0.05) is 31.3 Å². The van der Waals surface area contributed by atoms with Crippen molar-refractivity contribution < 1.29 is 9.32 Å². The Morgan fingerprint density at radius 2 is 2.08 bits per heavy atom. The molecule has 2 amide bonds. The number of carbonyl (C=O) groups is 1. The Hall–Kier alpha value is -1.63. The van der Waals surface area contributed by atoms with E-state index in [1.807, 2.05) is 6.92 Å². The van der Waals surface area contributed by atoms with Crippen LogP contribution >= 0.6 is 0 Å². The number of amides is 2. The normalized spacial score (nSPS) is 22.3. The first kappa shape index (κ1) is 19.1. The van der Waals surface area contributed by atoms with Crippen LogP contribution in [0.5, 0.6) is 0 Å². The van der Waals surface area contributed by atoms with Crippen LogP contribution in [0.2, 0.25) is 0 Å². The first-order valence-electron chi connectivity index (χ1n) is 10.2. The molecule has 7 nitrogen and oxygen atoms in total. The lowest BCUT2D eigenvalue weighted by molar-refractivity contribution is 0.0979. The van der Waals surface area contributed by atoms with Crippen molar-refractivity contribution >= 4 is 6.03 Å². The highest BCUT2D eigenvalue weighted by molar-refractivity contribution is 5.73. The summed E-state index contributed by atoms with van der Waals surface area (Å²) in [6.07, 6.45) is 10.0. The highest BCUT2D eigenvalue weighted by Gasteiger charge is 2.27. The molecule has 1 aromatic rings. The van der Waals surface area contributed by atoms with E-state index >= 15 is 0 Å². The second-order valence-electron chi connectivity index (χ2n) is 7.80. The molecule has 7 heteroatoms. The molecule has 1 saturated carbocycles. The van der Waals surface area contributed by atoms with Gasteiger partial charge in [0, 0.05) is 32.6 Å². The fourth-order valence-electron chi connectivity index (χ4n) is 4.19. The number of aryl methyl sites for hydroxylation is 1. The van der Waals surface area contributed by atoms with Crippen molar-refractivity contribution in [2.75, 3.05) is 26.7 Å². The Morgan fingerprint density at radius 3 is 2.81 bits per heavy atom. The molecule has 1 aliphatic heterocycles. The number of likely N-dealkylation sites (tertiary alicyclic amines) is 1. The number of piperidine rings is 1. The van der Waals surface area contributed by atoms with Crippen molar-refractivity contribution in [2.45, 2.75) is 70.9 Å². The van der Waals surface area contributed by atoms with Crippen LogP contribution in [0, 0.1) is 5.92 Å². The molecular weight excluding hydrogens is 330 g/mol. The lowest BCUT2D eigenvalue weighted by Crippen LogP contribution is -2.47. The average Bonchev–Trinajstić information content (AvgIpc) is 3.14. The van der Waals surface area contributed by atoms with Gasteiger partial charge < -0.3 is 19.6 Å². The summed E-state index contributed by atoms with van der Waals surface area (Å²) in [5.41, 5.74) is 0. The van der Waals surface area contributed by atoms with Crippen LogP contribution in [-0.4, -0.2) is 58.7 Å². The lowest BCUT2D eigenvalue weighted by atomic mass is 9.90. The minimum atomic E-state index is -0.0670. The van der Waals surface area contributed by atoms with Crippen LogP contribution < -0.4 is 5.32 Å². The lowest BCUT2D eigenvalue weighted by Gasteiger charge is -2.40. The molecule has 3 rings (SSSR count). The third-order valence-electron chi connectivity index (χ3n) is 5.72. The summed E-state index contributed by atoms with van der Waals surface area (Å²) in [5.74, 6) is 1.72. The van der Waals surface area contributed by atoms with Gasteiger partial charge in [0.05, 0.1) is 6.54 Å². The Balaban J connectivity index is 1.41. The molecule has 0 bridgehead atoms. The maximum atomic E-state index is 12.4. The monoisotopic (exact) mass is 363 g/mol. The number of urea groups is 1. The second kappa shape index (κ2) is 9.35. The highest BCUT2D eigenvalue weighted by Crippen LogP contribution is 2.26. The molecule has 2 aliphatic rings. The molecule has 0 unspecified atom stereocenters. The van der Waals surface area contributed by atoms with Crippen LogP contribution in [0.25, 0.3) is 0 Å². The Morgan fingerprint density at radius 1 is 1.27 bits per heavy atom. The molecule has 1 saturated heterocycles. The van der Waals surface area contributed by atoms with Gasteiger partial charge in [0.25, 0.3) is 0 Å². The third-order valence-corrected chi connectivity index (χ3v) is 5.72. The molecule has 1 aromatic heterocycles. The molecule has 1 N–H and O–H groups in total.